The molecule has 4 aliphatic rings. The summed E-state index contributed by atoms with van der Waals surface area (Å²) in [5.74, 6) is 1.08. The predicted octanol–water partition coefficient (Wildman–Crippen LogP) is 3.76. The summed E-state index contributed by atoms with van der Waals surface area (Å²) in [5.41, 5.74) is 0.114. The molecule has 0 aromatic carbocycles. The molecule has 0 radical (unpaired) electrons. The van der Waals surface area contributed by atoms with E-state index in [0.29, 0.717) is 31.5 Å². The van der Waals surface area contributed by atoms with Crippen LogP contribution in [0.15, 0.2) is 0 Å². The van der Waals surface area contributed by atoms with Gasteiger partial charge in [0.15, 0.2) is 6.10 Å². The van der Waals surface area contributed by atoms with Crippen LogP contribution >= 0.6 is 0 Å². The Bertz CT molecular complexity index is 777. The SMILES string of the molecule is COCO[C@@H]1CC[C@]2(C)C3CC[C@]4(C)C([C@H](C)C[C@@H](O)C(=O)OC)C[C@H](O)[C@H]4C3[C@H](OCOC)C[C@@H]2C1. The van der Waals surface area contributed by atoms with Gasteiger partial charge in [-0.25, -0.2) is 4.79 Å². The monoisotopic (exact) mass is 526 g/mol. The Kier molecular flexibility index (Phi) is 9.29. The molecule has 0 amide bonds. The summed E-state index contributed by atoms with van der Waals surface area (Å²) < 4.78 is 27.7. The highest BCUT2D eigenvalue weighted by molar-refractivity contribution is 5.74. The number of esters is 1. The van der Waals surface area contributed by atoms with Crippen LogP contribution in [0.4, 0.5) is 0 Å². The Morgan fingerprint density at radius 1 is 0.973 bits per heavy atom. The van der Waals surface area contributed by atoms with E-state index in [1.54, 1.807) is 14.2 Å². The Labute approximate surface area is 222 Å². The van der Waals surface area contributed by atoms with Gasteiger partial charge >= 0.3 is 5.97 Å². The van der Waals surface area contributed by atoms with Gasteiger partial charge in [-0.2, -0.15) is 0 Å². The van der Waals surface area contributed by atoms with Crippen LogP contribution in [-0.4, -0.2) is 75.5 Å². The molecule has 4 aliphatic carbocycles. The van der Waals surface area contributed by atoms with Crippen molar-refractivity contribution in [1.29, 1.82) is 0 Å². The second kappa shape index (κ2) is 11.8. The Hall–Kier alpha value is -0.770. The van der Waals surface area contributed by atoms with E-state index in [-0.39, 0.29) is 53.5 Å². The standard InChI is InChI=1S/C29H50O8/c1-17(11-23(31)27(32)35-6)21-14-22(30)26-25-20(8-10-29(21,26)3)28(2)9-7-19(36-15-33-4)12-18(28)13-24(25)37-16-34-5/h17-26,30-31H,7-16H2,1-6H3/t17-,18+,19-,20?,21?,22+,23-,24-,25?,26+,28+,29-/m1/s1. The molecule has 0 saturated heterocycles. The molecule has 8 heteroatoms. The van der Waals surface area contributed by atoms with Crippen molar-refractivity contribution in [2.45, 2.75) is 96.6 Å². The van der Waals surface area contributed by atoms with Crippen molar-refractivity contribution in [1.82, 2.24) is 0 Å². The second-order valence-electron chi connectivity index (χ2n) is 12.9. The third-order valence-corrected chi connectivity index (χ3v) is 11.2. The Morgan fingerprint density at radius 2 is 1.65 bits per heavy atom. The van der Waals surface area contributed by atoms with Crippen molar-refractivity contribution in [2.24, 2.45) is 46.3 Å². The molecule has 214 valence electrons. The lowest BCUT2D eigenvalue weighted by atomic mass is 9.43. The van der Waals surface area contributed by atoms with Crippen molar-refractivity contribution < 1.29 is 38.7 Å². The fourth-order valence-corrected chi connectivity index (χ4v) is 9.53. The third kappa shape index (κ3) is 5.36. The third-order valence-electron chi connectivity index (χ3n) is 11.2. The summed E-state index contributed by atoms with van der Waals surface area (Å²) in [5, 5.41) is 22.0. The first-order valence-corrected chi connectivity index (χ1v) is 14.3. The summed E-state index contributed by atoms with van der Waals surface area (Å²) in [6.07, 6.45) is 6.03. The molecule has 0 aromatic rings. The molecular formula is C29H50O8. The maximum Gasteiger partial charge on any atom is 0.334 e. The number of aliphatic hydroxyl groups excluding tert-OH is 2. The van der Waals surface area contributed by atoms with Crippen molar-refractivity contribution >= 4 is 5.97 Å². The first-order chi connectivity index (χ1) is 17.6. The molecule has 12 atom stereocenters. The van der Waals surface area contributed by atoms with Gasteiger partial charge in [-0.1, -0.05) is 20.8 Å². The van der Waals surface area contributed by atoms with Gasteiger partial charge in [0.25, 0.3) is 0 Å². The van der Waals surface area contributed by atoms with E-state index >= 15 is 0 Å². The van der Waals surface area contributed by atoms with E-state index in [1.165, 1.54) is 7.11 Å². The van der Waals surface area contributed by atoms with E-state index in [1.807, 2.05) is 0 Å². The van der Waals surface area contributed by atoms with Crippen LogP contribution in [0.25, 0.3) is 0 Å². The molecule has 2 N–H and O–H groups in total. The molecule has 4 fully saturated rings. The molecule has 0 aromatic heterocycles. The quantitative estimate of drug-likeness (QED) is 0.328. The van der Waals surface area contributed by atoms with Crippen molar-refractivity contribution in [3.63, 3.8) is 0 Å². The number of hydrogen-bond donors (Lipinski definition) is 2. The van der Waals surface area contributed by atoms with E-state index in [9.17, 15) is 15.0 Å². The van der Waals surface area contributed by atoms with Crippen LogP contribution in [0.3, 0.4) is 0 Å². The molecule has 0 spiro atoms. The molecule has 8 nitrogen and oxygen atoms in total. The maximum absolute atomic E-state index is 11.9. The van der Waals surface area contributed by atoms with Gasteiger partial charge in [0.1, 0.15) is 13.6 Å². The summed E-state index contributed by atoms with van der Waals surface area (Å²) >= 11 is 0. The molecule has 0 heterocycles. The average molecular weight is 527 g/mol. The first kappa shape index (κ1) is 29.2. The highest BCUT2D eigenvalue weighted by Crippen LogP contribution is 2.68. The molecule has 4 saturated carbocycles. The number of fused-ring (bicyclic) bond motifs is 5. The Morgan fingerprint density at radius 3 is 2.32 bits per heavy atom. The number of rotatable bonds is 10. The average Bonchev–Trinajstić information content (AvgIpc) is 3.16. The van der Waals surface area contributed by atoms with Gasteiger partial charge in [-0.05, 0) is 97.7 Å². The van der Waals surface area contributed by atoms with Crippen LogP contribution in [-0.2, 0) is 28.5 Å². The number of carbonyl (C=O) groups is 1. The number of ether oxygens (including phenoxy) is 5. The van der Waals surface area contributed by atoms with Gasteiger partial charge in [0.05, 0.1) is 25.4 Å². The summed E-state index contributed by atoms with van der Waals surface area (Å²) in [7, 11) is 4.64. The number of aliphatic hydroxyl groups is 2. The summed E-state index contributed by atoms with van der Waals surface area (Å²) in [6.45, 7) is 7.52. The van der Waals surface area contributed by atoms with Gasteiger partial charge in [-0.15, -0.1) is 0 Å². The number of hydrogen-bond acceptors (Lipinski definition) is 8. The van der Waals surface area contributed by atoms with E-state index in [0.717, 1.165) is 38.5 Å². The zero-order valence-corrected chi connectivity index (χ0v) is 23.7. The van der Waals surface area contributed by atoms with E-state index < -0.39 is 18.2 Å². The zero-order chi connectivity index (χ0) is 27.0. The summed E-state index contributed by atoms with van der Waals surface area (Å²) in [4.78, 5) is 11.9. The van der Waals surface area contributed by atoms with Crippen molar-refractivity contribution in [2.75, 3.05) is 34.9 Å². The van der Waals surface area contributed by atoms with Crippen LogP contribution in [0.5, 0.6) is 0 Å². The molecule has 4 rings (SSSR count). The molecule has 0 aliphatic heterocycles. The minimum atomic E-state index is -1.13. The lowest BCUT2D eigenvalue weighted by Crippen LogP contribution is -2.60. The topological polar surface area (TPSA) is 104 Å². The fourth-order valence-electron chi connectivity index (χ4n) is 9.53. The number of methoxy groups -OCH3 is 3. The van der Waals surface area contributed by atoms with Gasteiger partial charge in [0, 0.05) is 14.2 Å². The normalized spacial score (nSPS) is 44.9. The fraction of sp³-hybridized carbons (Fsp3) is 0.966. The van der Waals surface area contributed by atoms with E-state index in [4.69, 9.17) is 23.7 Å². The minimum absolute atomic E-state index is 0.0261. The highest BCUT2D eigenvalue weighted by atomic mass is 16.7. The van der Waals surface area contributed by atoms with Crippen LogP contribution in [0.1, 0.15) is 72.1 Å². The first-order valence-electron chi connectivity index (χ1n) is 14.3. The maximum atomic E-state index is 11.9. The van der Waals surface area contributed by atoms with Gasteiger partial charge < -0.3 is 33.9 Å². The van der Waals surface area contributed by atoms with Gasteiger partial charge in [-0.3, -0.25) is 0 Å². The van der Waals surface area contributed by atoms with Gasteiger partial charge in [0.2, 0.25) is 0 Å². The Balaban J connectivity index is 1.59. The van der Waals surface area contributed by atoms with Crippen molar-refractivity contribution in [3.8, 4) is 0 Å². The summed E-state index contributed by atoms with van der Waals surface area (Å²) in [6, 6.07) is 0. The van der Waals surface area contributed by atoms with Crippen LogP contribution < -0.4 is 0 Å². The lowest BCUT2D eigenvalue weighted by molar-refractivity contribution is -0.221. The van der Waals surface area contributed by atoms with E-state index in [2.05, 4.69) is 20.8 Å². The lowest BCUT2D eigenvalue weighted by Gasteiger charge is -2.63. The molecule has 0 bridgehead atoms. The number of carbonyl (C=O) groups excluding carboxylic acids is 1. The predicted molar refractivity (Wildman–Crippen MR) is 137 cm³/mol. The zero-order valence-electron chi connectivity index (χ0n) is 23.7. The highest BCUT2D eigenvalue weighted by Gasteiger charge is 2.65. The largest absolute Gasteiger partial charge is 0.467 e. The smallest absolute Gasteiger partial charge is 0.334 e. The van der Waals surface area contributed by atoms with Crippen molar-refractivity contribution in [3.05, 3.63) is 0 Å². The molecule has 3 unspecified atom stereocenters. The molecular weight excluding hydrogens is 476 g/mol. The second-order valence-corrected chi connectivity index (χ2v) is 12.9. The molecule has 37 heavy (non-hydrogen) atoms. The van der Waals surface area contributed by atoms with Crippen LogP contribution in [0, 0.1) is 46.3 Å². The van der Waals surface area contributed by atoms with Crippen LogP contribution in [0.2, 0.25) is 0 Å². The minimum Gasteiger partial charge on any atom is -0.467 e.